The zero-order chi connectivity index (χ0) is 12.3. The van der Waals surface area contributed by atoms with Gasteiger partial charge in [-0.3, -0.25) is 4.90 Å². The Balaban J connectivity index is 1.88. The van der Waals surface area contributed by atoms with E-state index in [9.17, 15) is 0 Å². The maximum Gasteiger partial charge on any atom is 0.0826 e. The molecule has 2 unspecified atom stereocenters. The molecule has 1 aromatic heterocycles. The lowest BCUT2D eigenvalue weighted by Gasteiger charge is -2.31. The molecular formula is C12H19BrN2OS. The van der Waals surface area contributed by atoms with Gasteiger partial charge in [-0.2, -0.15) is 0 Å². The number of halogens is 1. The van der Waals surface area contributed by atoms with E-state index in [1.807, 2.05) is 0 Å². The molecule has 2 atom stereocenters. The van der Waals surface area contributed by atoms with Gasteiger partial charge in [0.15, 0.2) is 0 Å². The average molecular weight is 319 g/mol. The first-order valence-electron chi connectivity index (χ1n) is 5.93. The largest absolute Gasteiger partial charge is 0.374 e. The third-order valence-electron chi connectivity index (χ3n) is 3.16. The van der Waals surface area contributed by atoms with E-state index in [4.69, 9.17) is 4.74 Å². The van der Waals surface area contributed by atoms with E-state index in [0.29, 0.717) is 12.1 Å². The zero-order valence-electron chi connectivity index (χ0n) is 10.3. The normalized spacial score (nSPS) is 22.9. The lowest BCUT2D eigenvalue weighted by Crippen LogP contribution is -2.44. The van der Waals surface area contributed by atoms with Crippen molar-refractivity contribution >= 4 is 27.3 Å². The topological polar surface area (TPSA) is 24.5 Å². The molecule has 1 fully saturated rings. The van der Waals surface area contributed by atoms with Gasteiger partial charge in [-0.25, -0.2) is 0 Å². The lowest BCUT2D eigenvalue weighted by molar-refractivity contribution is 0.00417. The molecule has 2 rings (SSSR count). The fourth-order valence-electron chi connectivity index (χ4n) is 1.98. The van der Waals surface area contributed by atoms with Crippen molar-refractivity contribution in [3.05, 3.63) is 20.8 Å². The summed E-state index contributed by atoms with van der Waals surface area (Å²) in [6, 6.07) is 2.64. The molecule has 2 heterocycles. The number of morpholine rings is 1. The van der Waals surface area contributed by atoms with Crippen LogP contribution in [0.2, 0.25) is 0 Å². The van der Waals surface area contributed by atoms with Crippen molar-refractivity contribution in [1.82, 2.24) is 10.2 Å². The Morgan fingerprint density at radius 3 is 3.12 bits per heavy atom. The summed E-state index contributed by atoms with van der Waals surface area (Å²) >= 11 is 5.31. The van der Waals surface area contributed by atoms with Crippen molar-refractivity contribution in [3.63, 3.8) is 0 Å². The summed E-state index contributed by atoms with van der Waals surface area (Å²) in [5.74, 6) is 0. The van der Waals surface area contributed by atoms with Gasteiger partial charge in [0.05, 0.1) is 12.7 Å². The van der Waals surface area contributed by atoms with Gasteiger partial charge in [-0.05, 0) is 36.0 Å². The molecule has 0 aliphatic carbocycles. The van der Waals surface area contributed by atoms with Crippen molar-refractivity contribution < 1.29 is 4.74 Å². The fraction of sp³-hybridized carbons (Fsp3) is 0.667. The predicted molar refractivity (Wildman–Crippen MR) is 75.7 cm³/mol. The molecule has 1 aliphatic heterocycles. The minimum atomic E-state index is 0.319. The molecule has 0 spiro atoms. The smallest absolute Gasteiger partial charge is 0.0826 e. The third-order valence-corrected chi connectivity index (χ3v) is 5.02. The molecule has 0 bridgehead atoms. The monoisotopic (exact) mass is 318 g/mol. The molecule has 1 aromatic rings. The quantitative estimate of drug-likeness (QED) is 0.923. The van der Waals surface area contributed by atoms with Gasteiger partial charge in [0.25, 0.3) is 0 Å². The van der Waals surface area contributed by atoms with E-state index < -0.39 is 0 Å². The summed E-state index contributed by atoms with van der Waals surface area (Å²) in [5, 5.41) is 5.50. The predicted octanol–water partition coefficient (Wildman–Crippen LogP) is 2.49. The summed E-state index contributed by atoms with van der Waals surface area (Å²) in [5.41, 5.74) is 0. The second-order valence-electron chi connectivity index (χ2n) is 4.48. The van der Waals surface area contributed by atoms with Crippen LogP contribution in [0.4, 0.5) is 0 Å². The van der Waals surface area contributed by atoms with Gasteiger partial charge in [0.2, 0.25) is 0 Å². The number of nitrogens with one attached hydrogen (secondary N) is 1. The fourth-order valence-corrected chi connectivity index (χ4v) is 3.55. The lowest BCUT2D eigenvalue weighted by atomic mass is 10.2. The third kappa shape index (κ3) is 3.76. The number of nitrogens with zero attached hydrogens (tertiary/aromatic N) is 1. The first-order valence-corrected chi connectivity index (χ1v) is 7.60. The van der Waals surface area contributed by atoms with Crippen LogP contribution < -0.4 is 5.32 Å². The highest BCUT2D eigenvalue weighted by Crippen LogP contribution is 2.28. The molecule has 5 heteroatoms. The van der Waals surface area contributed by atoms with Crippen LogP contribution in [0.15, 0.2) is 15.9 Å². The van der Waals surface area contributed by atoms with Crippen LogP contribution in [-0.2, 0) is 4.74 Å². The molecule has 0 radical (unpaired) electrons. The number of rotatable bonds is 4. The Morgan fingerprint density at radius 2 is 2.53 bits per heavy atom. The molecular weight excluding hydrogens is 300 g/mol. The van der Waals surface area contributed by atoms with Gasteiger partial charge in [0.1, 0.15) is 0 Å². The summed E-state index contributed by atoms with van der Waals surface area (Å²) in [6.07, 6.45) is 0.319. The van der Waals surface area contributed by atoms with Crippen LogP contribution in [0.1, 0.15) is 17.8 Å². The SMILES string of the molecule is CC(c1cc(Br)cs1)N(C)CC1CNCCO1. The van der Waals surface area contributed by atoms with E-state index in [2.05, 4.69) is 51.6 Å². The summed E-state index contributed by atoms with van der Waals surface area (Å²) in [7, 11) is 2.16. The number of ether oxygens (including phenoxy) is 1. The van der Waals surface area contributed by atoms with Crippen molar-refractivity contribution in [1.29, 1.82) is 0 Å². The minimum absolute atomic E-state index is 0.319. The van der Waals surface area contributed by atoms with Crippen LogP contribution >= 0.6 is 27.3 Å². The van der Waals surface area contributed by atoms with Crippen molar-refractivity contribution in [2.24, 2.45) is 0 Å². The average Bonchev–Trinajstić information content (AvgIpc) is 2.76. The van der Waals surface area contributed by atoms with E-state index in [-0.39, 0.29) is 0 Å². The second kappa shape index (κ2) is 6.29. The molecule has 1 N–H and O–H groups in total. The second-order valence-corrected chi connectivity index (χ2v) is 6.34. The highest BCUT2D eigenvalue weighted by Gasteiger charge is 2.20. The Bertz CT molecular complexity index is 352. The number of likely N-dealkylation sites (N-methyl/N-ethyl adjacent to an activating group) is 1. The van der Waals surface area contributed by atoms with E-state index >= 15 is 0 Å². The first-order chi connectivity index (χ1) is 8.16. The van der Waals surface area contributed by atoms with Crippen molar-refractivity contribution in [3.8, 4) is 0 Å². The first kappa shape index (κ1) is 13.5. The number of hydrogen-bond donors (Lipinski definition) is 1. The van der Waals surface area contributed by atoms with Crippen LogP contribution in [-0.4, -0.2) is 44.3 Å². The van der Waals surface area contributed by atoms with Crippen molar-refractivity contribution in [2.45, 2.75) is 19.1 Å². The van der Waals surface area contributed by atoms with Gasteiger partial charge < -0.3 is 10.1 Å². The van der Waals surface area contributed by atoms with Crippen molar-refractivity contribution in [2.75, 3.05) is 33.3 Å². The Hall–Kier alpha value is 0.0600. The minimum Gasteiger partial charge on any atom is -0.374 e. The summed E-state index contributed by atoms with van der Waals surface area (Å²) in [4.78, 5) is 3.75. The maximum atomic E-state index is 5.73. The number of thiophene rings is 1. The van der Waals surface area contributed by atoms with Crippen LogP contribution in [0.25, 0.3) is 0 Å². The van der Waals surface area contributed by atoms with Crippen LogP contribution in [0, 0.1) is 0 Å². The molecule has 0 saturated carbocycles. The maximum absolute atomic E-state index is 5.73. The highest BCUT2D eigenvalue weighted by molar-refractivity contribution is 9.10. The van der Waals surface area contributed by atoms with Gasteiger partial charge >= 0.3 is 0 Å². The Morgan fingerprint density at radius 1 is 1.71 bits per heavy atom. The van der Waals surface area contributed by atoms with Gasteiger partial charge in [-0.1, -0.05) is 0 Å². The molecule has 96 valence electrons. The Labute approximate surface area is 115 Å². The molecule has 1 saturated heterocycles. The van der Waals surface area contributed by atoms with Crippen LogP contribution in [0.5, 0.6) is 0 Å². The number of hydrogen-bond acceptors (Lipinski definition) is 4. The van der Waals surface area contributed by atoms with Gasteiger partial charge in [-0.15, -0.1) is 11.3 Å². The Kier molecular flexibility index (Phi) is 4.99. The molecule has 3 nitrogen and oxygen atoms in total. The standard InChI is InChI=1S/C12H19BrN2OS/c1-9(12-5-10(13)8-17-12)15(2)7-11-6-14-3-4-16-11/h5,8-9,11,14H,3-4,6-7H2,1-2H3. The zero-order valence-corrected chi connectivity index (χ0v) is 12.7. The molecule has 1 aliphatic rings. The van der Waals surface area contributed by atoms with E-state index in [1.165, 1.54) is 9.35 Å². The highest BCUT2D eigenvalue weighted by atomic mass is 79.9. The molecule has 0 aromatic carbocycles. The van der Waals surface area contributed by atoms with Gasteiger partial charge in [0, 0.05) is 40.4 Å². The van der Waals surface area contributed by atoms with E-state index in [1.54, 1.807) is 11.3 Å². The summed E-state index contributed by atoms with van der Waals surface area (Å²) in [6.45, 7) is 5.99. The van der Waals surface area contributed by atoms with Crippen LogP contribution in [0.3, 0.4) is 0 Å². The summed E-state index contributed by atoms with van der Waals surface area (Å²) < 4.78 is 6.90. The molecule has 0 amide bonds. The van der Waals surface area contributed by atoms with E-state index in [0.717, 1.165) is 26.2 Å². The molecule has 17 heavy (non-hydrogen) atoms.